The molecule has 0 spiro atoms. The molecule has 2 aliphatic rings. The minimum atomic E-state index is -4.08. The Morgan fingerprint density at radius 2 is 1.84 bits per heavy atom. The summed E-state index contributed by atoms with van der Waals surface area (Å²) < 4.78 is 38.9. The number of likely N-dealkylation sites (tertiary alicyclic amines) is 1. The van der Waals surface area contributed by atoms with Gasteiger partial charge in [-0.05, 0) is 67.5 Å². The fourth-order valence-corrected chi connectivity index (χ4v) is 6.39. The van der Waals surface area contributed by atoms with E-state index in [9.17, 15) is 13.2 Å². The zero-order valence-corrected chi connectivity index (χ0v) is 25.3. The molecule has 1 amide bonds. The Kier molecular flexibility index (Phi) is 8.09. The van der Waals surface area contributed by atoms with Crippen molar-refractivity contribution in [1.29, 1.82) is 0 Å². The number of nitrogens with one attached hydrogen (secondary N) is 2. The molecule has 1 aliphatic heterocycles. The maximum Gasteiger partial charge on any atom is 0.319 e. The van der Waals surface area contributed by atoms with Gasteiger partial charge in [-0.25, -0.2) is 18.5 Å². The quantitative estimate of drug-likeness (QED) is 0.219. The summed E-state index contributed by atoms with van der Waals surface area (Å²) >= 11 is 1.46. The summed E-state index contributed by atoms with van der Waals surface area (Å²) in [5.74, 6) is 0.135. The number of benzene rings is 2. The van der Waals surface area contributed by atoms with Crippen molar-refractivity contribution >= 4 is 50.2 Å². The molecule has 2 aromatic heterocycles. The molecule has 43 heavy (non-hydrogen) atoms. The summed E-state index contributed by atoms with van der Waals surface area (Å²) in [6.07, 6.45) is 7.43. The van der Waals surface area contributed by atoms with Crippen LogP contribution in [0.5, 0.6) is 11.9 Å². The normalized spacial score (nSPS) is 15.1. The highest BCUT2D eigenvalue weighted by Crippen LogP contribution is 2.39. The number of ether oxygens (including phenoxy) is 2. The molecule has 0 bridgehead atoms. The van der Waals surface area contributed by atoms with Gasteiger partial charge in [-0.2, -0.15) is 4.98 Å². The molecule has 1 saturated heterocycles. The molecule has 1 aliphatic carbocycles. The van der Waals surface area contributed by atoms with Crippen LogP contribution < -0.4 is 24.7 Å². The number of fused-ring (bicyclic) bond motifs is 1. The van der Waals surface area contributed by atoms with Crippen molar-refractivity contribution in [3.05, 3.63) is 54.4 Å². The summed E-state index contributed by atoms with van der Waals surface area (Å²) in [5, 5.41) is 9.71. The van der Waals surface area contributed by atoms with Gasteiger partial charge in [-0.3, -0.25) is 14.5 Å². The molecule has 14 heteroatoms. The summed E-state index contributed by atoms with van der Waals surface area (Å²) in [6, 6.07) is 10.8. The largest absolute Gasteiger partial charge is 0.480 e. The molecule has 0 atom stereocenters. The van der Waals surface area contributed by atoms with Gasteiger partial charge in [-0.1, -0.05) is 12.1 Å². The van der Waals surface area contributed by atoms with Gasteiger partial charge in [0.2, 0.25) is 15.9 Å². The lowest BCUT2D eigenvalue weighted by Gasteiger charge is -2.19. The SMILES string of the molecule is COc1ncc(-c2ccc3c(Nc4cc(C(=O)N5CCCC5)cc(S(N)(=O)=O)c4)c(SNC4CC4)cnc3c2)c(OC)n1. The van der Waals surface area contributed by atoms with Crippen LogP contribution in [0.2, 0.25) is 0 Å². The molecule has 2 fully saturated rings. The van der Waals surface area contributed by atoms with Crippen molar-refractivity contribution in [2.75, 3.05) is 32.6 Å². The van der Waals surface area contributed by atoms with Gasteiger partial charge in [0.15, 0.2) is 0 Å². The van der Waals surface area contributed by atoms with Gasteiger partial charge < -0.3 is 19.7 Å². The van der Waals surface area contributed by atoms with Gasteiger partial charge in [-0.15, -0.1) is 0 Å². The Morgan fingerprint density at radius 1 is 1.05 bits per heavy atom. The number of rotatable bonds is 10. The number of hydrogen-bond donors (Lipinski definition) is 3. The van der Waals surface area contributed by atoms with Crippen LogP contribution >= 0.6 is 11.9 Å². The molecule has 2 aromatic carbocycles. The van der Waals surface area contributed by atoms with E-state index in [1.165, 1.54) is 38.3 Å². The average molecular weight is 622 g/mol. The number of primary sulfonamides is 1. The molecule has 3 heterocycles. The number of amides is 1. The highest BCUT2D eigenvalue weighted by atomic mass is 32.2. The molecule has 4 aromatic rings. The fraction of sp³-hybridized carbons (Fsp3) is 0.310. The molecule has 4 N–H and O–H groups in total. The average Bonchev–Trinajstić information content (AvgIpc) is 3.68. The van der Waals surface area contributed by atoms with Gasteiger partial charge in [0.25, 0.3) is 5.91 Å². The zero-order chi connectivity index (χ0) is 30.1. The lowest BCUT2D eigenvalue weighted by molar-refractivity contribution is 0.0792. The Bertz CT molecular complexity index is 1810. The third kappa shape index (κ3) is 6.37. The minimum absolute atomic E-state index is 0.141. The number of nitrogens with zero attached hydrogens (tertiary/aromatic N) is 4. The van der Waals surface area contributed by atoms with Gasteiger partial charge in [0.1, 0.15) is 0 Å². The maximum atomic E-state index is 13.3. The molecule has 6 rings (SSSR count). The second-order valence-electron chi connectivity index (χ2n) is 10.4. The Balaban J connectivity index is 1.43. The van der Waals surface area contributed by atoms with Crippen molar-refractivity contribution in [3.8, 4) is 23.0 Å². The number of sulfonamides is 1. The van der Waals surface area contributed by atoms with Crippen molar-refractivity contribution in [2.45, 2.75) is 41.5 Å². The van der Waals surface area contributed by atoms with E-state index in [4.69, 9.17) is 19.6 Å². The number of pyridine rings is 1. The second kappa shape index (κ2) is 12.0. The van der Waals surface area contributed by atoms with E-state index in [1.807, 2.05) is 18.2 Å². The summed E-state index contributed by atoms with van der Waals surface area (Å²) in [5.41, 5.74) is 3.51. The van der Waals surface area contributed by atoms with Crippen LogP contribution in [0.4, 0.5) is 11.4 Å². The lowest BCUT2D eigenvalue weighted by Crippen LogP contribution is -2.28. The van der Waals surface area contributed by atoms with E-state index in [1.54, 1.807) is 23.4 Å². The number of carbonyl (C=O) groups excluding carboxylic acids is 1. The van der Waals surface area contributed by atoms with Gasteiger partial charge in [0, 0.05) is 48.2 Å². The van der Waals surface area contributed by atoms with E-state index < -0.39 is 10.0 Å². The number of nitrogens with two attached hydrogens (primary N) is 1. The molecule has 1 saturated carbocycles. The number of anilines is 2. The van der Waals surface area contributed by atoms with Gasteiger partial charge in [0.05, 0.1) is 40.8 Å². The summed E-state index contributed by atoms with van der Waals surface area (Å²) in [4.78, 5) is 28.9. The van der Waals surface area contributed by atoms with Crippen molar-refractivity contribution in [2.24, 2.45) is 5.14 Å². The number of aromatic nitrogens is 3. The first-order valence-electron chi connectivity index (χ1n) is 13.8. The molecular formula is C29H31N7O5S2. The second-order valence-corrected chi connectivity index (χ2v) is 12.9. The summed E-state index contributed by atoms with van der Waals surface area (Å²) in [6.45, 7) is 1.27. The highest BCUT2D eigenvalue weighted by molar-refractivity contribution is 7.97. The third-order valence-corrected chi connectivity index (χ3v) is 9.18. The van der Waals surface area contributed by atoms with E-state index in [-0.39, 0.29) is 22.4 Å². The lowest BCUT2D eigenvalue weighted by atomic mass is 10.0. The first-order chi connectivity index (χ1) is 20.7. The Hall–Kier alpha value is -3.98. The maximum absolute atomic E-state index is 13.3. The van der Waals surface area contributed by atoms with Crippen molar-refractivity contribution in [1.82, 2.24) is 24.6 Å². The van der Waals surface area contributed by atoms with Crippen LogP contribution in [0.15, 0.2) is 58.6 Å². The zero-order valence-electron chi connectivity index (χ0n) is 23.7. The predicted octanol–water partition coefficient (Wildman–Crippen LogP) is 4.10. The number of methoxy groups -OCH3 is 2. The van der Waals surface area contributed by atoms with E-state index in [0.29, 0.717) is 47.5 Å². The van der Waals surface area contributed by atoms with E-state index >= 15 is 0 Å². The van der Waals surface area contributed by atoms with Crippen molar-refractivity contribution in [3.63, 3.8) is 0 Å². The molecule has 0 unspecified atom stereocenters. The van der Waals surface area contributed by atoms with Gasteiger partial charge >= 0.3 is 6.01 Å². The third-order valence-electron chi connectivity index (χ3n) is 7.31. The van der Waals surface area contributed by atoms with E-state index in [0.717, 1.165) is 41.5 Å². The summed E-state index contributed by atoms with van der Waals surface area (Å²) in [7, 11) is -1.07. The molecular weight excluding hydrogens is 590 g/mol. The van der Waals surface area contributed by atoms with Crippen LogP contribution in [0.25, 0.3) is 22.0 Å². The molecule has 12 nitrogen and oxygen atoms in total. The first kappa shape index (κ1) is 29.1. The Labute approximate surface area is 253 Å². The fourth-order valence-electron chi connectivity index (χ4n) is 4.91. The molecule has 224 valence electrons. The first-order valence-corrected chi connectivity index (χ1v) is 16.1. The van der Waals surface area contributed by atoms with Crippen molar-refractivity contribution < 1.29 is 22.7 Å². The predicted molar refractivity (Wildman–Crippen MR) is 164 cm³/mol. The van der Waals surface area contributed by atoms with Crippen LogP contribution in [0.3, 0.4) is 0 Å². The number of carbonyl (C=O) groups is 1. The highest BCUT2D eigenvalue weighted by Gasteiger charge is 2.24. The molecule has 0 radical (unpaired) electrons. The minimum Gasteiger partial charge on any atom is -0.480 e. The van der Waals surface area contributed by atoms with Crippen LogP contribution in [0.1, 0.15) is 36.0 Å². The van der Waals surface area contributed by atoms with E-state index in [2.05, 4.69) is 20.0 Å². The van der Waals surface area contributed by atoms with Crippen LogP contribution in [-0.4, -0.2) is 67.5 Å². The number of hydrogen-bond acceptors (Lipinski definition) is 11. The monoisotopic (exact) mass is 621 g/mol. The standard InChI is InChI=1S/C29H31N7O5S2/c1-40-27-23(15-32-29(34-27)41-2)17-5-8-22-24(13-17)31-16-25(42-35-19-6-7-19)26(22)33-20-11-18(12-21(14-20)43(30,38)39)28(37)36-9-3-4-10-36/h5,8,11-16,19,35H,3-4,6-7,9-10H2,1-2H3,(H,31,33)(H2,30,38,39). The van der Waals surface area contributed by atoms with Crippen LogP contribution in [0, 0.1) is 0 Å². The Morgan fingerprint density at radius 3 is 2.53 bits per heavy atom. The smallest absolute Gasteiger partial charge is 0.319 e. The van der Waals surface area contributed by atoms with Crippen LogP contribution in [-0.2, 0) is 10.0 Å². The topological polar surface area (TPSA) is 162 Å².